The molecule has 1 fully saturated rings. The van der Waals surface area contributed by atoms with Crippen molar-refractivity contribution in [2.45, 2.75) is 36.7 Å². The van der Waals surface area contributed by atoms with Gasteiger partial charge in [-0.2, -0.15) is 0 Å². The Hall–Kier alpha value is -1.11. The first kappa shape index (κ1) is 14.3. The van der Waals surface area contributed by atoms with Gasteiger partial charge in [0, 0.05) is 12.1 Å². The average molecular weight is 284 g/mol. The van der Waals surface area contributed by atoms with Gasteiger partial charge >= 0.3 is 0 Å². The highest BCUT2D eigenvalue weighted by Crippen LogP contribution is 2.17. The van der Waals surface area contributed by atoms with Crippen molar-refractivity contribution in [1.29, 1.82) is 0 Å². The van der Waals surface area contributed by atoms with Gasteiger partial charge in [0.2, 0.25) is 10.0 Å². The summed E-state index contributed by atoms with van der Waals surface area (Å²) in [4.78, 5) is 0.270. The molecule has 1 heterocycles. The molecule has 19 heavy (non-hydrogen) atoms. The Bertz CT molecular complexity index is 513. The molecule has 0 bridgehead atoms. The highest BCUT2D eigenvalue weighted by Gasteiger charge is 2.26. The second kappa shape index (κ2) is 5.90. The van der Waals surface area contributed by atoms with Crippen LogP contribution in [0.25, 0.3) is 0 Å². The van der Waals surface area contributed by atoms with Crippen LogP contribution in [-0.4, -0.2) is 34.2 Å². The molecular weight excluding hydrogens is 264 g/mol. The normalized spacial score (nSPS) is 24.1. The molecule has 6 heteroatoms. The van der Waals surface area contributed by atoms with E-state index in [1.165, 1.54) is 0 Å². The predicted octanol–water partition coefficient (Wildman–Crippen LogP) is 1.11. The Morgan fingerprint density at radius 2 is 2.00 bits per heavy atom. The highest BCUT2D eigenvalue weighted by atomic mass is 32.2. The van der Waals surface area contributed by atoms with Gasteiger partial charge in [-0.15, -0.1) is 0 Å². The van der Waals surface area contributed by atoms with Gasteiger partial charge in [-0.1, -0.05) is 0 Å². The minimum atomic E-state index is -3.46. The van der Waals surface area contributed by atoms with Crippen molar-refractivity contribution in [2.75, 3.05) is 13.7 Å². The van der Waals surface area contributed by atoms with Crippen LogP contribution in [0.4, 0.5) is 0 Å². The Kier molecular flexibility index (Phi) is 4.44. The molecule has 1 aromatic rings. The van der Waals surface area contributed by atoms with E-state index in [9.17, 15) is 8.42 Å². The Balaban J connectivity index is 2.12. The van der Waals surface area contributed by atoms with Gasteiger partial charge in [-0.25, -0.2) is 13.1 Å². The van der Waals surface area contributed by atoms with Gasteiger partial charge in [0.1, 0.15) is 5.75 Å². The number of sulfonamides is 1. The third-order valence-electron chi connectivity index (χ3n) is 3.44. The van der Waals surface area contributed by atoms with Crippen molar-refractivity contribution in [3.63, 3.8) is 0 Å². The molecule has 2 rings (SSSR count). The minimum Gasteiger partial charge on any atom is -0.497 e. The molecule has 1 saturated heterocycles. The number of ether oxygens (including phenoxy) is 1. The van der Waals surface area contributed by atoms with E-state index in [-0.39, 0.29) is 17.0 Å². The lowest BCUT2D eigenvalue weighted by Gasteiger charge is -2.30. The number of nitrogens with one attached hydrogen (secondary N) is 2. The SMILES string of the molecule is COc1ccc(S(=O)(=O)NC2CCCNC2C)cc1. The molecule has 1 aromatic carbocycles. The van der Waals surface area contributed by atoms with Gasteiger partial charge < -0.3 is 10.1 Å². The third kappa shape index (κ3) is 3.46. The van der Waals surface area contributed by atoms with Crippen molar-refractivity contribution in [3.8, 4) is 5.75 Å². The molecule has 0 amide bonds. The van der Waals surface area contributed by atoms with Crippen LogP contribution < -0.4 is 14.8 Å². The fraction of sp³-hybridized carbons (Fsp3) is 0.538. The topological polar surface area (TPSA) is 67.4 Å². The number of piperidine rings is 1. The molecule has 0 radical (unpaired) electrons. The maximum atomic E-state index is 12.3. The van der Waals surface area contributed by atoms with Gasteiger partial charge in [-0.05, 0) is 50.6 Å². The zero-order chi connectivity index (χ0) is 13.9. The molecule has 1 aliphatic rings. The van der Waals surface area contributed by atoms with Crippen LogP contribution in [0.5, 0.6) is 5.75 Å². The summed E-state index contributed by atoms with van der Waals surface area (Å²) in [6.07, 6.45) is 1.85. The number of methoxy groups -OCH3 is 1. The molecule has 106 valence electrons. The second-order valence-electron chi connectivity index (χ2n) is 4.79. The van der Waals surface area contributed by atoms with E-state index in [4.69, 9.17) is 4.74 Å². The standard InChI is InChI=1S/C13H20N2O3S/c1-10-13(4-3-9-14-10)15-19(16,17)12-7-5-11(18-2)6-8-12/h5-8,10,13-15H,3-4,9H2,1-2H3. The number of rotatable bonds is 4. The van der Waals surface area contributed by atoms with E-state index >= 15 is 0 Å². The van der Waals surface area contributed by atoms with E-state index < -0.39 is 10.0 Å². The summed E-state index contributed by atoms with van der Waals surface area (Å²) in [6.45, 7) is 2.95. The fourth-order valence-electron chi connectivity index (χ4n) is 2.23. The van der Waals surface area contributed by atoms with E-state index in [2.05, 4.69) is 10.0 Å². The summed E-state index contributed by atoms with van der Waals surface area (Å²) >= 11 is 0. The molecule has 2 unspecified atom stereocenters. The van der Waals surface area contributed by atoms with Crippen LogP contribution in [0.1, 0.15) is 19.8 Å². The van der Waals surface area contributed by atoms with Crippen molar-refractivity contribution < 1.29 is 13.2 Å². The largest absolute Gasteiger partial charge is 0.497 e. The molecule has 2 N–H and O–H groups in total. The monoisotopic (exact) mass is 284 g/mol. The summed E-state index contributed by atoms with van der Waals surface area (Å²) < 4.78 is 32.3. The van der Waals surface area contributed by atoms with Crippen molar-refractivity contribution >= 4 is 10.0 Å². The zero-order valence-corrected chi connectivity index (χ0v) is 12.0. The van der Waals surface area contributed by atoms with Gasteiger partial charge in [0.15, 0.2) is 0 Å². The van der Waals surface area contributed by atoms with Crippen molar-refractivity contribution in [3.05, 3.63) is 24.3 Å². The molecule has 5 nitrogen and oxygen atoms in total. The van der Waals surface area contributed by atoms with Crippen LogP contribution >= 0.6 is 0 Å². The van der Waals surface area contributed by atoms with Crippen LogP contribution in [0.3, 0.4) is 0 Å². The quantitative estimate of drug-likeness (QED) is 0.869. The third-order valence-corrected chi connectivity index (χ3v) is 4.94. The molecule has 0 saturated carbocycles. The number of hydrogen-bond donors (Lipinski definition) is 2. The van der Waals surface area contributed by atoms with E-state index in [1.54, 1.807) is 31.4 Å². The molecule has 0 aliphatic carbocycles. The van der Waals surface area contributed by atoms with E-state index in [0.717, 1.165) is 19.4 Å². The lowest BCUT2D eigenvalue weighted by molar-refractivity contribution is 0.349. The van der Waals surface area contributed by atoms with Crippen LogP contribution in [0.15, 0.2) is 29.2 Å². The first-order valence-corrected chi connectivity index (χ1v) is 7.91. The van der Waals surface area contributed by atoms with E-state index in [1.807, 2.05) is 6.92 Å². The Labute approximate surface area is 114 Å². The first-order chi connectivity index (χ1) is 9.03. The molecule has 0 spiro atoms. The van der Waals surface area contributed by atoms with Crippen LogP contribution in [0, 0.1) is 0 Å². The molecule has 0 aromatic heterocycles. The molecular formula is C13H20N2O3S. The van der Waals surface area contributed by atoms with Crippen molar-refractivity contribution in [2.24, 2.45) is 0 Å². The summed E-state index contributed by atoms with van der Waals surface area (Å²) in [5.41, 5.74) is 0. The average Bonchev–Trinajstić information content (AvgIpc) is 2.41. The maximum Gasteiger partial charge on any atom is 0.240 e. The molecule has 2 atom stereocenters. The number of benzene rings is 1. The van der Waals surface area contributed by atoms with E-state index in [0.29, 0.717) is 5.75 Å². The van der Waals surface area contributed by atoms with Crippen molar-refractivity contribution in [1.82, 2.24) is 10.0 Å². The maximum absolute atomic E-state index is 12.3. The smallest absolute Gasteiger partial charge is 0.240 e. The Morgan fingerprint density at radius 3 is 2.58 bits per heavy atom. The van der Waals surface area contributed by atoms with Gasteiger partial charge in [0.25, 0.3) is 0 Å². The Morgan fingerprint density at radius 1 is 1.32 bits per heavy atom. The molecule has 1 aliphatic heterocycles. The van der Waals surface area contributed by atoms with Gasteiger partial charge in [0.05, 0.1) is 12.0 Å². The highest BCUT2D eigenvalue weighted by molar-refractivity contribution is 7.89. The predicted molar refractivity (Wildman–Crippen MR) is 73.8 cm³/mol. The van der Waals surface area contributed by atoms with Crippen LogP contribution in [-0.2, 0) is 10.0 Å². The van der Waals surface area contributed by atoms with Gasteiger partial charge in [-0.3, -0.25) is 0 Å². The first-order valence-electron chi connectivity index (χ1n) is 6.43. The summed E-state index contributed by atoms with van der Waals surface area (Å²) in [7, 11) is -1.91. The van der Waals surface area contributed by atoms with Crippen LogP contribution in [0.2, 0.25) is 0 Å². The number of hydrogen-bond acceptors (Lipinski definition) is 4. The second-order valence-corrected chi connectivity index (χ2v) is 6.50. The zero-order valence-electron chi connectivity index (χ0n) is 11.2. The summed E-state index contributed by atoms with van der Waals surface area (Å²) in [6, 6.07) is 6.51. The lowest BCUT2D eigenvalue weighted by Crippen LogP contribution is -2.51. The minimum absolute atomic E-state index is 0.0548. The summed E-state index contributed by atoms with van der Waals surface area (Å²) in [5.74, 6) is 0.645. The lowest BCUT2D eigenvalue weighted by atomic mass is 10.0. The summed E-state index contributed by atoms with van der Waals surface area (Å²) in [5, 5.41) is 3.28. The fourth-order valence-corrected chi connectivity index (χ4v) is 3.58.